The Labute approximate surface area is 149 Å². The Bertz CT molecular complexity index is 1010. The molecule has 4 rings (SSSR count). The van der Waals surface area contributed by atoms with Crippen LogP contribution in [0, 0.1) is 0 Å². The lowest BCUT2D eigenvalue weighted by Gasteiger charge is -2.06. The first-order valence-corrected chi connectivity index (χ1v) is 8.35. The fourth-order valence-electron chi connectivity index (χ4n) is 2.77. The second-order valence-electron chi connectivity index (χ2n) is 5.88. The third-order valence-electron chi connectivity index (χ3n) is 4.08. The van der Waals surface area contributed by atoms with E-state index >= 15 is 0 Å². The normalized spacial score (nSPS) is 10.9. The van der Waals surface area contributed by atoms with Crippen LogP contribution < -0.4 is 5.32 Å². The predicted molar refractivity (Wildman–Crippen MR) is 96.5 cm³/mol. The van der Waals surface area contributed by atoms with Gasteiger partial charge in [0.25, 0.3) is 5.91 Å². The van der Waals surface area contributed by atoms with Crippen molar-refractivity contribution < 1.29 is 9.21 Å². The molecule has 0 aliphatic heterocycles. The third kappa shape index (κ3) is 3.32. The van der Waals surface area contributed by atoms with Gasteiger partial charge in [-0.3, -0.25) is 9.78 Å². The zero-order valence-corrected chi connectivity index (χ0v) is 14.0. The fourth-order valence-corrected chi connectivity index (χ4v) is 2.77. The minimum Gasteiger partial charge on any atom is -0.472 e. The van der Waals surface area contributed by atoms with Crippen molar-refractivity contribution >= 4 is 17.1 Å². The van der Waals surface area contributed by atoms with Gasteiger partial charge in [-0.2, -0.15) is 0 Å². The number of aromatic amines is 1. The highest BCUT2D eigenvalue weighted by Gasteiger charge is 2.15. The number of aryl methyl sites for hydroxylation is 1. The number of rotatable bonds is 6. The molecule has 0 aliphatic rings. The number of imidazole rings is 1. The van der Waals surface area contributed by atoms with Gasteiger partial charge in [-0.15, -0.1) is 0 Å². The van der Waals surface area contributed by atoms with Crippen molar-refractivity contribution in [3.8, 4) is 11.4 Å². The Morgan fingerprint density at radius 2 is 2.19 bits per heavy atom. The molecule has 0 unspecified atom stereocenters. The molecule has 4 aromatic rings. The average Bonchev–Trinajstić information content (AvgIpc) is 3.34. The maximum Gasteiger partial charge on any atom is 0.253 e. The van der Waals surface area contributed by atoms with E-state index in [-0.39, 0.29) is 5.91 Å². The highest BCUT2D eigenvalue weighted by atomic mass is 16.3. The summed E-state index contributed by atoms with van der Waals surface area (Å²) in [4.78, 5) is 28.5. The van der Waals surface area contributed by atoms with Gasteiger partial charge in [-0.25, -0.2) is 9.97 Å². The fraction of sp³-hybridized carbons (Fsp3) is 0.158. The molecule has 0 aliphatic carbocycles. The van der Waals surface area contributed by atoms with E-state index in [1.165, 1.54) is 0 Å². The van der Waals surface area contributed by atoms with Gasteiger partial charge in [-0.1, -0.05) is 6.07 Å². The van der Waals surface area contributed by atoms with Crippen LogP contribution in [0.15, 0.2) is 59.8 Å². The maximum absolute atomic E-state index is 12.5. The first-order valence-electron chi connectivity index (χ1n) is 8.35. The first-order chi connectivity index (χ1) is 12.8. The molecule has 7 nitrogen and oxygen atoms in total. The molecule has 0 saturated heterocycles. The lowest BCUT2D eigenvalue weighted by molar-refractivity contribution is 0.0954. The summed E-state index contributed by atoms with van der Waals surface area (Å²) in [6, 6.07) is 7.44. The number of furan rings is 1. The van der Waals surface area contributed by atoms with E-state index in [1.807, 2.05) is 18.3 Å². The number of hydrogen-bond donors (Lipinski definition) is 2. The zero-order valence-electron chi connectivity index (χ0n) is 14.0. The summed E-state index contributed by atoms with van der Waals surface area (Å²) in [6.45, 7) is 0.584. The molecule has 0 atom stereocenters. The van der Waals surface area contributed by atoms with E-state index in [1.54, 1.807) is 37.1 Å². The van der Waals surface area contributed by atoms with Crippen molar-refractivity contribution in [1.82, 2.24) is 25.3 Å². The quantitative estimate of drug-likeness (QED) is 0.523. The number of H-pyrrole nitrogens is 1. The Morgan fingerprint density at radius 3 is 3.00 bits per heavy atom. The van der Waals surface area contributed by atoms with Crippen LogP contribution in [0.1, 0.15) is 22.3 Å². The van der Waals surface area contributed by atoms with Crippen molar-refractivity contribution in [1.29, 1.82) is 0 Å². The van der Waals surface area contributed by atoms with E-state index in [0.29, 0.717) is 29.1 Å². The summed E-state index contributed by atoms with van der Waals surface area (Å²) in [6.07, 6.45) is 10.1. The molecule has 4 aromatic heterocycles. The number of carbonyl (C=O) groups is 1. The standard InChI is InChI=1S/C19H17N5O2/c25-19(22-8-2-4-13-3-1-7-20-11-13)15-5-9-21-18-16(15)23-17(24-18)14-6-10-26-12-14/h1,3,5-7,9-12H,2,4,8H2,(H,22,25)(H,21,23,24). The van der Waals surface area contributed by atoms with Crippen molar-refractivity contribution in [3.63, 3.8) is 0 Å². The summed E-state index contributed by atoms with van der Waals surface area (Å²) in [7, 11) is 0. The predicted octanol–water partition coefficient (Wildman–Crippen LogP) is 2.98. The smallest absolute Gasteiger partial charge is 0.253 e. The Balaban J connectivity index is 1.45. The summed E-state index contributed by atoms with van der Waals surface area (Å²) < 4.78 is 5.08. The Morgan fingerprint density at radius 1 is 1.23 bits per heavy atom. The van der Waals surface area contributed by atoms with Crippen LogP contribution in [-0.4, -0.2) is 32.4 Å². The van der Waals surface area contributed by atoms with Gasteiger partial charge in [-0.05, 0) is 36.6 Å². The minimum absolute atomic E-state index is 0.147. The van der Waals surface area contributed by atoms with Crippen LogP contribution in [-0.2, 0) is 6.42 Å². The van der Waals surface area contributed by atoms with Gasteiger partial charge < -0.3 is 14.7 Å². The molecule has 0 bridgehead atoms. The number of aromatic nitrogens is 4. The van der Waals surface area contributed by atoms with Crippen molar-refractivity contribution in [2.75, 3.05) is 6.54 Å². The monoisotopic (exact) mass is 347 g/mol. The van der Waals surface area contributed by atoms with E-state index in [0.717, 1.165) is 24.0 Å². The lowest BCUT2D eigenvalue weighted by Crippen LogP contribution is -2.25. The van der Waals surface area contributed by atoms with Gasteiger partial charge >= 0.3 is 0 Å². The summed E-state index contributed by atoms with van der Waals surface area (Å²) in [5.74, 6) is 0.476. The molecular weight excluding hydrogens is 330 g/mol. The van der Waals surface area contributed by atoms with E-state index < -0.39 is 0 Å². The van der Waals surface area contributed by atoms with Crippen LogP contribution >= 0.6 is 0 Å². The zero-order chi connectivity index (χ0) is 17.8. The van der Waals surface area contributed by atoms with Crippen LogP contribution in [0.5, 0.6) is 0 Å². The molecule has 0 aromatic carbocycles. The molecule has 0 radical (unpaired) electrons. The molecule has 1 amide bonds. The van der Waals surface area contributed by atoms with Gasteiger partial charge in [0.15, 0.2) is 5.65 Å². The van der Waals surface area contributed by atoms with Crippen molar-refractivity contribution in [2.45, 2.75) is 12.8 Å². The highest BCUT2D eigenvalue weighted by molar-refractivity contribution is 6.04. The maximum atomic E-state index is 12.5. The topological polar surface area (TPSA) is 96.7 Å². The van der Waals surface area contributed by atoms with Gasteiger partial charge in [0.1, 0.15) is 12.1 Å². The van der Waals surface area contributed by atoms with Crippen LogP contribution in [0.4, 0.5) is 0 Å². The molecule has 2 N–H and O–H groups in total. The van der Waals surface area contributed by atoms with Crippen molar-refractivity contribution in [2.24, 2.45) is 0 Å². The molecule has 26 heavy (non-hydrogen) atoms. The average molecular weight is 347 g/mol. The number of hydrogen-bond acceptors (Lipinski definition) is 5. The number of carbonyl (C=O) groups excluding carboxylic acids is 1. The third-order valence-corrected chi connectivity index (χ3v) is 4.08. The van der Waals surface area contributed by atoms with Crippen LogP contribution in [0.3, 0.4) is 0 Å². The molecule has 130 valence electrons. The second-order valence-corrected chi connectivity index (χ2v) is 5.88. The second kappa shape index (κ2) is 7.18. The molecule has 7 heteroatoms. The number of fused-ring (bicyclic) bond motifs is 1. The summed E-state index contributed by atoms with van der Waals surface area (Å²) >= 11 is 0. The van der Waals surface area contributed by atoms with Crippen LogP contribution in [0.25, 0.3) is 22.6 Å². The Hall–Kier alpha value is -3.48. The van der Waals surface area contributed by atoms with Gasteiger partial charge in [0.05, 0.1) is 22.9 Å². The van der Waals surface area contributed by atoms with E-state index in [9.17, 15) is 4.79 Å². The highest BCUT2D eigenvalue weighted by Crippen LogP contribution is 2.21. The molecule has 0 fully saturated rings. The number of amides is 1. The number of nitrogens with zero attached hydrogens (tertiary/aromatic N) is 3. The van der Waals surface area contributed by atoms with Gasteiger partial charge in [0.2, 0.25) is 0 Å². The molecule has 0 saturated carbocycles. The van der Waals surface area contributed by atoms with E-state index in [2.05, 4.69) is 25.3 Å². The Kier molecular flexibility index (Phi) is 4.42. The van der Waals surface area contributed by atoms with Crippen molar-refractivity contribution in [3.05, 3.63) is 66.5 Å². The molecule has 0 spiro atoms. The van der Waals surface area contributed by atoms with E-state index in [4.69, 9.17) is 4.42 Å². The SMILES string of the molecule is O=C(NCCCc1cccnc1)c1ccnc2nc(-c3ccoc3)[nH]c12. The summed E-state index contributed by atoms with van der Waals surface area (Å²) in [5.41, 5.74) is 3.62. The molecular formula is C19H17N5O2. The van der Waals surface area contributed by atoms with Gasteiger partial charge in [0, 0.05) is 25.1 Å². The summed E-state index contributed by atoms with van der Waals surface area (Å²) in [5, 5.41) is 2.95. The largest absolute Gasteiger partial charge is 0.472 e. The van der Waals surface area contributed by atoms with Crippen LogP contribution in [0.2, 0.25) is 0 Å². The minimum atomic E-state index is -0.147. The number of nitrogens with one attached hydrogen (secondary N) is 2. The molecule has 4 heterocycles. The number of pyridine rings is 2. The first kappa shape index (κ1) is 16.0. The lowest BCUT2D eigenvalue weighted by atomic mass is 10.1.